The molecule has 0 radical (unpaired) electrons. The number of hydrogen-bond donors (Lipinski definition) is 0. The van der Waals surface area contributed by atoms with E-state index in [4.69, 9.17) is 4.74 Å². The Bertz CT molecular complexity index is 360. The lowest BCUT2D eigenvalue weighted by Gasteiger charge is -2.03. The molecule has 0 aromatic heterocycles. The van der Waals surface area contributed by atoms with Gasteiger partial charge < -0.3 is 4.74 Å². The van der Waals surface area contributed by atoms with Gasteiger partial charge in [-0.2, -0.15) is 0 Å². The van der Waals surface area contributed by atoms with Gasteiger partial charge in [-0.3, -0.25) is 0 Å². The van der Waals surface area contributed by atoms with E-state index in [1.54, 1.807) is 0 Å². The number of thioether (sulfide) groups is 1. The van der Waals surface area contributed by atoms with Gasteiger partial charge in [0.05, 0.1) is 12.2 Å². The molecule has 2 nitrogen and oxygen atoms in total. The molecule has 0 aliphatic carbocycles. The van der Waals surface area contributed by atoms with Crippen LogP contribution in [-0.2, 0) is 11.2 Å². The molecule has 0 N–H and O–H groups in total. The maximum absolute atomic E-state index is 11.4. The zero-order valence-electron chi connectivity index (χ0n) is 8.08. The minimum Gasteiger partial charge on any atom is -0.462 e. The monoisotopic (exact) mass is 208 g/mol. The number of ether oxygens (including phenoxy) is 1. The lowest BCUT2D eigenvalue weighted by Crippen LogP contribution is -2.04. The van der Waals surface area contributed by atoms with Crippen LogP contribution >= 0.6 is 11.8 Å². The van der Waals surface area contributed by atoms with E-state index in [9.17, 15) is 4.79 Å². The van der Waals surface area contributed by atoms with Crippen LogP contribution in [0.4, 0.5) is 0 Å². The van der Waals surface area contributed by atoms with Crippen molar-refractivity contribution in [2.45, 2.75) is 18.2 Å². The number of esters is 1. The predicted molar refractivity (Wildman–Crippen MR) is 56.8 cm³/mol. The fourth-order valence-corrected chi connectivity index (χ4v) is 2.58. The number of rotatable bonds is 2. The van der Waals surface area contributed by atoms with Gasteiger partial charge >= 0.3 is 5.97 Å². The Hall–Kier alpha value is -0.960. The molecule has 1 aliphatic heterocycles. The molecule has 0 saturated carbocycles. The predicted octanol–water partition coefficient (Wildman–Crippen LogP) is 2.51. The number of carbonyl (C=O) groups excluding carboxylic acids is 1. The summed E-state index contributed by atoms with van der Waals surface area (Å²) in [5, 5.41) is 0. The van der Waals surface area contributed by atoms with Gasteiger partial charge in [0, 0.05) is 10.6 Å². The molecule has 0 atom stereocenters. The van der Waals surface area contributed by atoms with Crippen LogP contribution in [0.25, 0.3) is 0 Å². The van der Waals surface area contributed by atoms with E-state index in [1.165, 1.54) is 10.5 Å². The molecule has 0 unspecified atom stereocenters. The minimum absolute atomic E-state index is 0.216. The zero-order valence-corrected chi connectivity index (χ0v) is 8.89. The van der Waals surface area contributed by atoms with Crippen LogP contribution in [0.5, 0.6) is 0 Å². The molecule has 3 heteroatoms. The smallest absolute Gasteiger partial charge is 0.338 e. The molecule has 0 bridgehead atoms. The SMILES string of the molecule is CCOC(=O)c1ccc2c(c1)CCS2. The standard InChI is InChI=1S/C11H12O2S/c1-2-13-11(12)9-3-4-10-8(7-9)5-6-14-10/h3-4,7H,2,5-6H2,1H3. The first-order chi connectivity index (χ1) is 6.81. The van der Waals surface area contributed by atoms with E-state index in [0.29, 0.717) is 12.2 Å². The van der Waals surface area contributed by atoms with E-state index in [0.717, 1.165) is 12.2 Å². The van der Waals surface area contributed by atoms with Gasteiger partial charge in [0.15, 0.2) is 0 Å². The Morgan fingerprint density at radius 1 is 1.57 bits per heavy atom. The molecular weight excluding hydrogens is 196 g/mol. The fraction of sp³-hybridized carbons (Fsp3) is 0.364. The average Bonchev–Trinajstić information content (AvgIpc) is 2.64. The van der Waals surface area contributed by atoms with E-state index in [-0.39, 0.29) is 5.97 Å². The summed E-state index contributed by atoms with van der Waals surface area (Å²) < 4.78 is 4.94. The molecule has 0 fully saturated rings. The highest BCUT2D eigenvalue weighted by Crippen LogP contribution is 2.31. The van der Waals surface area contributed by atoms with Crippen molar-refractivity contribution in [3.63, 3.8) is 0 Å². The molecule has 1 aromatic rings. The van der Waals surface area contributed by atoms with Crippen LogP contribution in [0.3, 0.4) is 0 Å². The van der Waals surface area contributed by atoms with E-state index >= 15 is 0 Å². The summed E-state index contributed by atoms with van der Waals surface area (Å²) >= 11 is 1.85. The molecule has 1 aliphatic rings. The molecule has 0 spiro atoms. The van der Waals surface area contributed by atoms with Crippen molar-refractivity contribution in [3.8, 4) is 0 Å². The van der Waals surface area contributed by atoms with Crippen molar-refractivity contribution in [2.75, 3.05) is 12.4 Å². The van der Waals surface area contributed by atoms with Crippen LogP contribution in [0.1, 0.15) is 22.8 Å². The largest absolute Gasteiger partial charge is 0.462 e. The summed E-state index contributed by atoms with van der Waals surface area (Å²) in [4.78, 5) is 12.7. The van der Waals surface area contributed by atoms with Crippen molar-refractivity contribution < 1.29 is 9.53 Å². The lowest BCUT2D eigenvalue weighted by atomic mass is 10.1. The van der Waals surface area contributed by atoms with Gasteiger partial charge in [0.25, 0.3) is 0 Å². The zero-order chi connectivity index (χ0) is 9.97. The summed E-state index contributed by atoms with van der Waals surface area (Å²) in [6.45, 7) is 2.26. The first-order valence-corrected chi connectivity index (χ1v) is 5.72. The second kappa shape index (κ2) is 4.05. The van der Waals surface area contributed by atoms with Crippen LogP contribution in [-0.4, -0.2) is 18.3 Å². The number of benzene rings is 1. The normalized spacial score (nSPS) is 13.8. The lowest BCUT2D eigenvalue weighted by molar-refractivity contribution is 0.0526. The highest BCUT2D eigenvalue weighted by atomic mass is 32.2. The highest BCUT2D eigenvalue weighted by molar-refractivity contribution is 7.99. The summed E-state index contributed by atoms with van der Waals surface area (Å²) in [5.74, 6) is 0.911. The van der Waals surface area contributed by atoms with Gasteiger partial charge in [-0.05, 0) is 37.1 Å². The minimum atomic E-state index is -0.216. The Balaban J connectivity index is 2.24. The van der Waals surface area contributed by atoms with Gasteiger partial charge in [0.1, 0.15) is 0 Å². The number of fused-ring (bicyclic) bond motifs is 1. The summed E-state index contributed by atoms with van der Waals surface area (Å²) in [7, 11) is 0. The van der Waals surface area contributed by atoms with E-state index in [1.807, 2.05) is 36.9 Å². The fourth-order valence-electron chi connectivity index (χ4n) is 1.53. The van der Waals surface area contributed by atoms with Gasteiger partial charge in [-0.25, -0.2) is 4.79 Å². The first-order valence-electron chi connectivity index (χ1n) is 4.74. The van der Waals surface area contributed by atoms with Crippen LogP contribution in [0, 0.1) is 0 Å². The second-order valence-corrected chi connectivity index (χ2v) is 4.28. The number of carbonyl (C=O) groups is 1. The van der Waals surface area contributed by atoms with Gasteiger partial charge in [-0.1, -0.05) is 0 Å². The first kappa shape index (κ1) is 9.59. The summed E-state index contributed by atoms with van der Waals surface area (Å²) in [6, 6.07) is 5.81. The van der Waals surface area contributed by atoms with Gasteiger partial charge in [-0.15, -0.1) is 11.8 Å². The molecule has 74 valence electrons. The number of aryl methyl sites for hydroxylation is 1. The van der Waals surface area contributed by atoms with E-state index in [2.05, 4.69) is 0 Å². The van der Waals surface area contributed by atoms with Crippen molar-refractivity contribution in [2.24, 2.45) is 0 Å². The quantitative estimate of drug-likeness (QED) is 0.698. The van der Waals surface area contributed by atoms with Crippen molar-refractivity contribution >= 4 is 17.7 Å². The van der Waals surface area contributed by atoms with Crippen LogP contribution in [0.15, 0.2) is 23.1 Å². The Labute approximate surface area is 87.6 Å². The third-order valence-corrected chi connectivity index (χ3v) is 3.32. The third kappa shape index (κ3) is 1.77. The molecule has 14 heavy (non-hydrogen) atoms. The van der Waals surface area contributed by atoms with Crippen molar-refractivity contribution in [1.82, 2.24) is 0 Å². The topological polar surface area (TPSA) is 26.3 Å². The average molecular weight is 208 g/mol. The second-order valence-electron chi connectivity index (χ2n) is 3.14. The molecule has 2 rings (SSSR count). The van der Waals surface area contributed by atoms with Gasteiger partial charge in [0.2, 0.25) is 0 Å². The maximum atomic E-state index is 11.4. The molecular formula is C11H12O2S. The van der Waals surface area contributed by atoms with Crippen molar-refractivity contribution in [3.05, 3.63) is 29.3 Å². The molecule has 1 heterocycles. The molecule has 1 aromatic carbocycles. The van der Waals surface area contributed by atoms with Crippen LogP contribution < -0.4 is 0 Å². The molecule has 0 saturated heterocycles. The Morgan fingerprint density at radius 3 is 3.21 bits per heavy atom. The summed E-state index contributed by atoms with van der Waals surface area (Å²) in [5.41, 5.74) is 1.95. The highest BCUT2D eigenvalue weighted by Gasteiger charge is 2.14. The van der Waals surface area contributed by atoms with E-state index < -0.39 is 0 Å². The number of hydrogen-bond acceptors (Lipinski definition) is 3. The Morgan fingerprint density at radius 2 is 2.43 bits per heavy atom. The van der Waals surface area contributed by atoms with Crippen molar-refractivity contribution in [1.29, 1.82) is 0 Å². The Kier molecular flexibility index (Phi) is 2.77. The maximum Gasteiger partial charge on any atom is 0.338 e. The third-order valence-electron chi connectivity index (χ3n) is 2.20. The van der Waals surface area contributed by atoms with Crippen LogP contribution in [0.2, 0.25) is 0 Å². The molecule has 0 amide bonds. The summed E-state index contributed by atoms with van der Waals surface area (Å²) in [6.07, 6.45) is 1.06.